The zero-order chi connectivity index (χ0) is 13.0. The molecule has 1 N–H and O–H groups in total. The van der Waals surface area contributed by atoms with Crippen molar-refractivity contribution in [1.29, 1.82) is 0 Å². The highest BCUT2D eigenvalue weighted by molar-refractivity contribution is 9.10. The number of aromatic nitrogens is 2. The molecule has 1 aromatic carbocycles. The van der Waals surface area contributed by atoms with E-state index < -0.39 is 0 Å². The molecule has 0 fully saturated rings. The first-order valence-electron chi connectivity index (χ1n) is 5.65. The van der Waals surface area contributed by atoms with Crippen LogP contribution in [0.4, 0.5) is 4.39 Å². The molecule has 2 aromatic rings. The van der Waals surface area contributed by atoms with Crippen LogP contribution in [-0.4, -0.2) is 16.5 Å². The van der Waals surface area contributed by atoms with E-state index in [0.29, 0.717) is 0 Å². The van der Waals surface area contributed by atoms with E-state index >= 15 is 0 Å². The van der Waals surface area contributed by atoms with Crippen molar-refractivity contribution < 1.29 is 4.39 Å². The van der Waals surface area contributed by atoms with Crippen molar-refractivity contribution in [3.8, 4) is 0 Å². The van der Waals surface area contributed by atoms with Gasteiger partial charge in [-0.15, -0.1) is 0 Å². The highest BCUT2D eigenvalue weighted by Gasteiger charge is 2.17. The Morgan fingerprint density at radius 3 is 2.72 bits per heavy atom. The van der Waals surface area contributed by atoms with E-state index in [2.05, 4.69) is 31.2 Å². The number of nitrogens with zero attached hydrogens (tertiary/aromatic N) is 2. The van der Waals surface area contributed by atoms with Crippen molar-refractivity contribution in [2.75, 3.05) is 6.54 Å². The van der Waals surface area contributed by atoms with E-state index in [1.165, 1.54) is 18.5 Å². The molecule has 1 heterocycles. The summed E-state index contributed by atoms with van der Waals surface area (Å²) in [5, 5.41) is 3.31. The van der Waals surface area contributed by atoms with Crippen LogP contribution in [0.15, 0.2) is 41.4 Å². The minimum absolute atomic E-state index is 0.124. The second-order valence-corrected chi connectivity index (χ2v) is 4.68. The second kappa shape index (κ2) is 6.02. The number of benzene rings is 1. The van der Waals surface area contributed by atoms with Gasteiger partial charge in [0.05, 0.1) is 6.04 Å². The highest BCUT2D eigenvalue weighted by atomic mass is 79.9. The second-order valence-electron chi connectivity index (χ2n) is 3.83. The number of hydrogen-bond donors (Lipinski definition) is 1. The summed E-state index contributed by atoms with van der Waals surface area (Å²) >= 11 is 3.45. The van der Waals surface area contributed by atoms with Gasteiger partial charge in [-0.3, -0.25) is 0 Å². The fourth-order valence-electron chi connectivity index (χ4n) is 1.81. The quantitative estimate of drug-likeness (QED) is 0.943. The van der Waals surface area contributed by atoms with Crippen LogP contribution in [0, 0.1) is 5.82 Å². The summed E-state index contributed by atoms with van der Waals surface area (Å²) in [6.45, 7) is 2.77. The van der Waals surface area contributed by atoms with E-state index in [1.54, 1.807) is 18.5 Å². The predicted molar refractivity (Wildman–Crippen MR) is 71.7 cm³/mol. The third-order valence-corrected chi connectivity index (χ3v) is 3.31. The van der Waals surface area contributed by atoms with E-state index in [0.717, 1.165) is 22.1 Å². The molecule has 0 saturated heterocycles. The highest BCUT2D eigenvalue weighted by Crippen LogP contribution is 2.28. The Morgan fingerprint density at radius 2 is 2.06 bits per heavy atom. The molecule has 1 unspecified atom stereocenters. The molecule has 0 radical (unpaired) electrons. The Kier molecular flexibility index (Phi) is 4.38. The van der Waals surface area contributed by atoms with E-state index in [9.17, 15) is 4.39 Å². The summed E-state index contributed by atoms with van der Waals surface area (Å²) in [5.41, 5.74) is 1.75. The average molecular weight is 310 g/mol. The molecule has 94 valence electrons. The van der Waals surface area contributed by atoms with Gasteiger partial charge in [-0.2, -0.15) is 0 Å². The lowest BCUT2D eigenvalue weighted by atomic mass is 10.0. The molecule has 3 nitrogen and oxygen atoms in total. The molecule has 0 amide bonds. The SMILES string of the molecule is CCNC(c1cncnc1)c1cc(F)ccc1Br. The molecule has 18 heavy (non-hydrogen) atoms. The van der Waals surface area contributed by atoms with Crippen LogP contribution >= 0.6 is 15.9 Å². The van der Waals surface area contributed by atoms with Crippen molar-refractivity contribution in [3.05, 3.63) is 58.3 Å². The monoisotopic (exact) mass is 309 g/mol. The minimum atomic E-state index is -0.257. The van der Waals surface area contributed by atoms with E-state index in [-0.39, 0.29) is 11.9 Å². The summed E-state index contributed by atoms with van der Waals surface area (Å²) in [6.07, 6.45) is 4.95. The van der Waals surface area contributed by atoms with Crippen molar-refractivity contribution in [3.63, 3.8) is 0 Å². The molecular weight excluding hydrogens is 297 g/mol. The van der Waals surface area contributed by atoms with Gasteiger partial charge in [0.15, 0.2) is 0 Å². The van der Waals surface area contributed by atoms with Crippen LogP contribution in [0.25, 0.3) is 0 Å². The van der Waals surface area contributed by atoms with E-state index in [4.69, 9.17) is 0 Å². The number of halogens is 2. The maximum Gasteiger partial charge on any atom is 0.123 e. The summed E-state index contributed by atoms with van der Waals surface area (Å²) in [7, 11) is 0. The van der Waals surface area contributed by atoms with E-state index in [1.807, 2.05) is 6.92 Å². The van der Waals surface area contributed by atoms with Gasteiger partial charge in [0.2, 0.25) is 0 Å². The van der Waals surface area contributed by atoms with Crippen LogP contribution < -0.4 is 5.32 Å². The zero-order valence-electron chi connectivity index (χ0n) is 9.90. The van der Waals surface area contributed by atoms with Gasteiger partial charge in [-0.25, -0.2) is 14.4 Å². The largest absolute Gasteiger partial charge is 0.306 e. The van der Waals surface area contributed by atoms with Crippen molar-refractivity contribution >= 4 is 15.9 Å². The maximum absolute atomic E-state index is 13.4. The van der Waals surface area contributed by atoms with Gasteiger partial charge < -0.3 is 5.32 Å². The Morgan fingerprint density at radius 1 is 1.33 bits per heavy atom. The Labute approximate surface area is 114 Å². The van der Waals surface area contributed by atoms with Gasteiger partial charge in [0, 0.05) is 22.4 Å². The lowest BCUT2D eigenvalue weighted by molar-refractivity contribution is 0.599. The Balaban J connectivity index is 2.44. The summed E-state index contributed by atoms with van der Waals surface area (Å²) in [4.78, 5) is 8.01. The first kappa shape index (κ1) is 13.1. The van der Waals surface area contributed by atoms with Gasteiger partial charge in [0.25, 0.3) is 0 Å². The molecule has 0 saturated carbocycles. The molecule has 2 rings (SSSR count). The van der Waals surface area contributed by atoms with Gasteiger partial charge in [-0.05, 0) is 30.3 Å². The standard InChI is InChI=1S/C13H13BrFN3/c1-2-18-13(9-6-16-8-17-7-9)11-5-10(15)3-4-12(11)14/h3-8,13,18H,2H2,1H3. The summed E-state index contributed by atoms with van der Waals surface area (Å²) in [5.74, 6) is -0.257. The van der Waals surface area contributed by atoms with Crippen LogP contribution in [-0.2, 0) is 0 Å². The smallest absolute Gasteiger partial charge is 0.123 e. The number of rotatable bonds is 4. The maximum atomic E-state index is 13.4. The topological polar surface area (TPSA) is 37.8 Å². The van der Waals surface area contributed by atoms with Gasteiger partial charge in [0.1, 0.15) is 12.1 Å². The number of nitrogens with one attached hydrogen (secondary N) is 1. The Bertz CT molecular complexity index is 519. The zero-order valence-corrected chi connectivity index (χ0v) is 11.5. The van der Waals surface area contributed by atoms with Gasteiger partial charge >= 0.3 is 0 Å². The third-order valence-electron chi connectivity index (χ3n) is 2.59. The van der Waals surface area contributed by atoms with Crippen LogP contribution in [0.3, 0.4) is 0 Å². The van der Waals surface area contributed by atoms with Crippen LogP contribution in [0.1, 0.15) is 24.1 Å². The molecule has 1 atom stereocenters. The predicted octanol–water partition coefficient (Wildman–Crippen LogP) is 3.08. The van der Waals surface area contributed by atoms with Crippen molar-refractivity contribution in [2.24, 2.45) is 0 Å². The lowest BCUT2D eigenvalue weighted by Crippen LogP contribution is -2.22. The van der Waals surface area contributed by atoms with Crippen LogP contribution in [0.5, 0.6) is 0 Å². The third kappa shape index (κ3) is 2.91. The number of hydrogen-bond acceptors (Lipinski definition) is 3. The molecule has 0 aliphatic heterocycles. The average Bonchev–Trinajstić information content (AvgIpc) is 2.40. The molecule has 0 bridgehead atoms. The molecule has 5 heteroatoms. The van der Waals surface area contributed by atoms with Crippen molar-refractivity contribution in [1.82, 2.24) is 15.3 Å². The minimum Gasteiger partial charge on any atom is -0.306 e. The summed E-state index contributed by atoms with van der Waals surface area (Å²) in [6, 6.07) is 4.53. The van der Waals surface area contributed by atoms with Gasteiger partial charge in [-0.1, -0.05) is 22.9 Å². The molecule has 0 aliphatic rings. The molecule has 1 aromatic heterocycles. The van der Waals surface area contributed by atoms with Crippen LogP contribution in [0.2, 0.25) is 0 Å². The molecule has 0 spiro atoms. The molecular formula is C13H13BrFN3. The normalized spacial score (nSPS) is 12.4. The van der Waals surface area contributed by atoms with Crippen molar-refractivity contribution in [2.45, 2.75) is 13.0 Å². The first-order chi connectivity index (χ1) is 8.72. The summed E-state index contributed by atoms with van der Waals surface area (Å²) < 4.78 is 14.2. The lowest BCUT2D eigenvalue weighted by Gasteiger charge is -2.19. The molecule has 0 aliphatic carbocycles. The fourth-order valence-corrected chi connectivity index (χ4v) is 2.28. The Hall–Kier alpha value is -1.33. The fraction of sp³-hybridized carbons (Fsp3) is 0.231. The first-order valence-corrected chi connectivity index (χ1v) is 6.45.